The molecule has 130 valence electrons. The molecule has 1 N–H and O–H groups in total. The lowest BCUT2D eigenvalue weighted by Crippen LogP contribution is -2.08. The predicted molar refractivity (Wildman–Crippen MR) is 101 cm³/mol. The molecule has 3 aromatic rings. The molecule has 0 atom stereocenters. The summed E-state index contributed by atoms with van der Waals surface area (Å²) >= 11 is 6.07. The zero-order valence-electron chi connectivity index (χ0n) is 14.3. The molecule has 0 aliphatic heterocycles. The van der Waals surface area contributed by atoms with Gasteiger partial charge in [-0.1, -0.05) is 43.7 Å². The minimum absolute atomic E-state index is 0.655. The van der Waals surface area contributed by atoms with Gasteiger partial charge in [0.05, 0.1) is 5.02 Å². The molecule has 3 aromatic heterocycles. The van der Waals surface area contributed by atoms with E-state index in [1.165, 1.54) is 44.1 Å². The normalized spacial score (nSPS) is 15.7. The molecule has 0 unspecified atom stereocenters. The summed E-state index contributed by atoms with van der Waals surface area (Å²) in [4.78, 5) is 16.7. The van der Waals surface area contributed by atoms with E-state index in [9.17, 15) is 0 Å². The van der Waals surface area contributed by atoms with Crippen LogP contribution < -0.4 is 0 Å². The zero-order chi connectivity index (χ0) is 17.1. The topological polar surface area (TPSA) is 54.5 Å². The predicted octanol–water partition coefficient (Wildman–Crippen LogP) is 5.11. The van der Waals surface area contributed by atoms with Crippen molar-refractivity contribution in [2.24, 2.45) is 5.92 Å². The Bertz CT molecular complexity index is 835. The molecule has 0 radical (unpaired) electrons. The molecule has 1 fully saturated rings. The SMILES string of the molecule is Clc1cnc2[nH]cc(Cc3cnc(CCC4CCCCC4)nc3)c2c1. The number of pyridine rings is 1. The van der Waals surface area contributed by atoms with Gasteiger partial charge in [-0.15, -0.1) is 0 Å². The molecule has 4 nitrogen and oxygen atoms in total. The van der Waals surface area contributed by atoms with Gasteiger partial charge in [0.2, 0.25) is 0 Å². The summed E-state index contributed by atoms with van der Waals surface area (Å²) < 4.78 is 0. The molecule has 0 amide bonds. The summed E-state index contributed by atoms with van der Waals surface area (Å²) in [5.41, 5.74) is 3.15. The van der Waals surface area contributed by atoms with E-state index >= 15 is 0 Å². The zero-order valence-corrected chi connectivity index (χ0v) is 15.1. The first kappa shape index (κ1) is 16.5. The van der Waals surface area contributed by atoms with E-state index in [2.05, 4.69) is 19.9 Å². The van der Waals surface area contributed by atoms with Crippen LogP contribution in [0.3, 0.4) is 0 Å². The molecule has 3 heterocycles. The average molecular weight is 355 g/mol. The van der Waals surface area contributed by atoms with Crippen LogP contribution in [0.15, 0.2) is 30.9 Å². The number of hydrogen-bond donors (Lipinski definition) is 1. The van der Waals surface area contributed by atoms with E-state index in [0.717, 1.165) is 41.2 Å². The van der Waals surface area contributed by atoms with E-state index in [0.29, 0.717) is 5.02 Å². The monoisotopic (exact) mass is 354 g/mol. The van der Waals surface area contributed by atoms with Gasteiger partial charge in [-0.3, -0.25) is 0 Å². The Hall–Kier alpha value is -1.94. The lowest BCUT2D eigenvalue weighted by atomic mass is 9.86. The number of rotatable bonds is 5. The van der Waals surface area contributed by atoms with Gasteiger partial charge in [0.15, 0.2) is 0 Å². The van der Waals surface area contributed by atoms with Gasteiger partial charge in [0, 0.05) is 43.0 Å². The van der Waals surface area contributed by atoms with Crippen molar-refractivity contribution in [3.05, 3.63) is 52.8 Å². The second-order valence-corrected chi connectivity index (χ2v) is 7.53. The van der Waals surface area contributed by atoms with Crippen LogP contribution in [0.5, 0.6) is 0 Å². The largest absolute Gasteiger partial charge is 0.346 e. The Balaban J connectivity index is 1.40. The van der Waals surface area contributed by atoms with Gasteiger partial charge < -0.3 is 4.98 Å². The molecule has 5 heteroatoms. The number of fused-ring (bicyclic) bond motifs is 1. The third-order valence-electron chi connectivity index (χ3n) is 5.24. The Morgan fingerprint density at radius 3 is 2.64 bits per heavy atom. The van der Waals surface area contributed by atoms with Crippen LogP contribution in [0.4, 0.5) is 0 Å². The lowest BCUT2D eigenvalue weighted by Gasteiger charge is -2.20. The maximum Gasteiger partial charge on any atom is 0.137 e. The highest BCUT2D eigenvalue weighted by Crippen LogP contribution is 2.27. The third-order valence-corrected chi connectivity index (χ3v) is 5.44. The van der Waals surface area contributed by atoms with Gasteiger partial charge >= 0.3 is 0 Å². The first-order valence-corrected chi connectivity index (χ1v) is 9.57. The second kappa shape index (κ2) is 7.52. The van der Waals surface area contributed by atoms with Crippen molar-refractivity contribution >= 4 is 22.6 Å². The summed E-state index contributed by atoms with van der Waals surface area (Å²) in [6.45, 7) is 0. The molecule has 0 aromatic carbocycles. The minimum atomic E-state index is 0.655. The van der Waals surface area contributed by atoms with Crippen molar-refractivity contribution < 1.29 is 0 Å². The number of H-pyrrole nitrogens is 1. The Morgan fingerprint density at radius 1 is 1.04 bits per heavy atom. The van der Waals surface area contributed by atoms with Crippen LogP contribution in [-0.4, -0.2) is 19.9 Å². The van der Waals surface area contributed by atoms with Crippen molar-refractivity contribution in [2.75, 3.05) is 0 Å². The van der Waals surface area contributed by atoms with Crippen molar-refractivity contribution in [3.63, 3.8) is 0 Å². The van der Waals surface area contributed by atoms with Gasteiger partial charge in [0.25, 0.3) is 0 Å². The van der Waals surface area contributed by atoms with Gasteiger partial charge in [-0.2, -0.15) is 0 Å². The summed E-state index contributed by atoms with van der Waals surface area (Å²) in [6, 6.07) is 1.95. The fraction of sp³-hybridized carbons (Fsp3) is 0.450. The number of hydrogen-bond acceptors (Lipinski definition) is 3. The third kappa shape index (κ3) is 4.01. The van der Waals surface area contributed by atoms with E-state index in [4.69, 9.17) is 11.6 Å². The van der Waals surface area contributed by atoms with Crippen molar-refractivity contribution in [3.8, 4) is 0 Å². The van der Waals surface area contributed by atoms with Crippen LogP contribution in [-0.2, 0) is 12.8 Å². The minimum Gasteiger partial charge on any atom is -0.346 e. The maximum atomic E-state index is 6.07. The van der Waals surface area contributed by atoms with Gasteiger partial charge in [-0.05, 0) is 29.5 Å². The van der Waals surface area contributed by atoms with Crippen LogP contribution >= 0.6 is 11.6 Å². The molecule has 4 rings (SSSR count). The average Bonchev–Trinajstić information content (AvgIpc) is 3.04. The quantitative estimate of drug-likeness (QED) is 0.692. The van der Waals surface area contributed by atoms with E-state index < -0.39 is 0 Å². The van der Waals surface area contributed by atoms with Crippen molar-refractivity contribution in [1.29, 1.82) is 0 Å². The second-order valence-electron chi connectivity index (χ2n) is 7.09. The van der Waals surface area contributed by atoms with Gasteiger partial charge in [-0.25, -0.2) is 15.0 Å². The van der Waals surface area contributed by atoms with Crippen LogP contribution in [0.2, 0.25) is 5.02 Å². The lowest BCUT2D eigenvalue weighted by molar-refractivity contribution is 0.337. The highest BCUT2D eigenvalue weighted by molar-refractivity contribution is 6.31. The number of nitrogens with one attached hydrogen (secondary N) is 1. The molecule has 0 saturated heterocycles. The summed E-state index contributed by atoms with van der Waals surface area (Å²) in [5.74, 6) is 1.85. The molecule has 0 bridgehead atoms. The Kier molecular flexibility index (Phi) is 4.97. The molecule has 25 heavy (non-hydrogen) atoms. The van der Waals surface area contributed by atoms with Crippen LogP contribution in [0.25, 0.3) is 11.0 Å². The highest BCUT2D eigenvalue weighted by atomic mass is 35.5. The van der Waals surface area contributed by atoms with E-state index in [1.807, 2.05) is 24.7 Å². The molecule has 1 saturated carbocycles. The molecule has 1 aliphatic carbocycles. The Morgan fingerprint density at radius 2 is 1.84 bits per heavy atom. The fourth-order valence-electron chi connectivity index (χ4n) is 3.81. The highest BCUT2D eigenvalue weighted by Gasteiger charge is 2.14. The summed E-state index contributed by atoms with van der Waals surface area (Å²) in [7, 11) is 0. The fourth-order valence-corrected chi connectivity index (χ4v) is 3.97. The maximum absolute atomic E-state index is 6.07. The number of halogens is 1. The summed E-state index contributed by atoms with van der Waals surface area (Å²) in [5, 5.41) is 1.72. The first-order valence-electron chi connectivity index (χ1n) is 9.19. The van der Waals surface area contributed by atoms with Crippen molar-refractivity contribution in [1.82, 2.24) is 19.9 Å². The molecule has 1 aliphatic rings. The van der Waals surface area contributed by atoms with Crippen LogP contribution in [0.1, 0.15) is 55.5 Å². The number of aryl methyl sites for hydroxylation is 1. The first-order chi connectivity index (χ1) is 12.3. The summed E-state index contributed by atoms with van der Waals surface area (Å²) in [6.07, 6.45) is 17.6. The molecular formula is C20H23ClN4. The molecular weight excluding hydrogens is 332 g/mol. The number of nitrogens with zero attached hydrogens (tertiary/aromatic N) is 3. The number of aromatic nitrogens is 4. The smallest absolute Gasteiger partial charge is 0.137 e. The van der Waals surface area contributed by atoms with E-state index in [1.54, 1.807) is 6.20 Å². The standard InChI is InChI=1S/C20H23ClN4/c21-17-9-18-16(12-24-20(18)25-13-17)8-15-10-22-19(23-11-15)7-6-14-4-2-1-3-5-14/h9-14H,1-8H2,(H,24,25). The van der Waals surface area contributed by atoms with E-state index in [-0.39, 0.29) is 0 Å². The van der Waals surface area contributed by atoms with Gasteiger partial charge in [0.1, 0.15) is 11.5 Å². The van der Waals surface area contributed by atoms with Crippen molar-refractivity contribution in [2.45, 2.75) is 51.4 Å². The number of aromatic amines is 1. The van der Waals surface area contributed by atoms with Crippen LogP contribution in [0, 0.1) is 5.92 Å². The Labute approximate surface area is 153 Å². The molecule has 0 spiro atoms.